The number of carbonyl (C=O) groups is 2. The van der Waals surface area contributed by atoms with Crippen molar-refractivity contribution >= 4 is 20.2 Å². The van der Waals surface area contributed by atoms with Crippen LogP contribution < -0.4 is 0 Å². The Bertz CT molecular complexity index is 948. The quantitative estimate of drug-likeness (QED) is 0.218. The van der Waals surface area contributed by atoms with Crippen LogP contribution in [-0.2, 0) is 23.6 Å². The predicted molar refractivity (Wildman–Crippen MR) is 142 cm³/mol. The minimum Gasteiger partial charge on any atom is -0.511 e. The van der Waals surface area contributed by atoms with Crippen molar-refractivity contribution in [2.75, 3.05) is 21.3 Å². The van der Waals surface area contributed by atoms with Gasteiger partial charge >= 0.3 is 5.97 Å². The molecule has 3 aliphatic rings. The van der Waals surface area contributed by atoms with Crippen molar-refractivity contribution in [1.29, 1.82) is 0 Å². The third-order valence-corrected chi connectivity index (χ3v) is 14.4. The number of rotatable bonds is 5. The van der Waals surface area contributed by atoms with Gasteiger partial charge in [0, 0.05) is 18.4 Å². The summed E-state index contributed by atoms with van der Waals surface area (Å²) >= 11 is 0. The van der Waals surface area contributed by atoms with Crippen molar-refractivity contribution < 1.29 is 28.7 Å². The summed E-state index contributed by atoms with van der Waals surface area (Å²) in [7, 11) is 2.32. The topological polar surface area (TPSA) is 85.3 Å². The molecule has 8 heteroatoms. The van der Waals surface area contributed by atoms with Crippen molar-refractivity contribution in [3.05, 3.63) is 23.5 Å². The van der Waals surface area contributed by atoms with Crippen LogP contribution in [-0.4, -0.2) is 57.7 Å². The molecule has 0 aromatic carbocycles. The summed E-state index contributed by atoms with van der Waals surface area (Å²) in [5, 5.41) is 12.4. The van der Waals surface area contributed by atoms with Crippen molar-refractivity contribution in [1.82, 2.24) is 5.06 Å². The highest BCUT2D eigenvalue weighted by Crippen LogP contribution is 2.63. The molecular formula is C28H47NO6Si. The van der Waals surface area contributed by atoms with Gasteiger partial charge in [0.2, 0.25) is 0 Å². The van der Waals surface area contributed by atoms with Gasteiger partial charge in [-0.3, -0.25) is 9.63 Å². The summed E-state index contributed by atoms with van der Waals surface area (Å²) in [5.74, 6) is -0.463. The maximum atomic E-state index is 13.4. The molecule has 0 spiro atoms. The lowest BCUT2D eigenvalue weighted by molar-refractivity contribution is -0.182. The average molecular weight is 522 g/mol. The van der Waals surface area contributed by atoms with Crippen LogP contribution in [0.3, 0.4) is 0 Å². The number of carbonyl (C=O) groups excluding carboxylic acids is 2. The fourth-order valence-corrected chi connectivity index (χ4v) is 8.14. The van der Waals surface area contributed by atoms with Gasteiger partial charge in [0.25, 0.3) is 5.91 Å². The Balaban J connectivity index is 2.11. The van der Waals surface area contributed by atoms with Crippen molar-refractivity contribution in [2.45, 2.75) is 85.0 Å². The van der Waals surface area contributed by atoms with E-state index < -0.39 is 19.7 Å². The first-order valence-corrected chi connectivity index (χ1v) is 16.0. The minimum absolute atomic E-state index is 0.00900. The minimum atomic E-state index is -2.21. The molecule has 1 amide bonds. The van der Waals surface area contributed by atoms with E-state index in [4.69, 9.17) is 14.0 Å². The Labute approximate surface area is 218 Å². The molecule has 1 saturated carbocycles. The number of hydroxylamine groups is 2. The molecule has 0 aromatic heterocycles. The monoisotopic (exact) mass is 521 g/mol. The molecule has 0 bridgehead atoms. The zero-order chi connectivity index (χ0) is 27.4. The molecular weight excluding hydrogens is 474 g/mol. The van der Waals surface area contributed by atoms with E-state index in [9.17, 15) is 14.7 Å². The summed E-state index contributed by atoms with van der Waals surface area (Å²) in [5.41, 5.74) is -0.541. The lowest BCUT2D eigenvalue weighted by atomic mass is 9.46. The molecule has 0 heterocycles. The highest BCUT2D eigenvalue weighted by atomic mass is 28.4. The Morgan fingerprint density at radius 1 is 1.11 bits per heavy atom. The van der Waals surface area contributed by atoms with E-state index in [0.29, 0.717) is 18.4 Å². The number of esters is 1. The number of nitrogens with zero attached hydrogens (tertiary/aromatic N) is 1. The highest BCUT2D eigenvalue weighted by Gasteiger charge is 2.60. The Hall–Kier alpha value is -1.64. The van der Waals surface area contributed by atoms with E-state index in [2.05, 4.69) is 52.9 Å². The number of aliphatic hydroxyl groups excluding tert-OH is 1. The molecule has 0 radical (unpaired) electrons. The summed E-state index contributed by atoms with van der Waals surface area (Å²) in [6.07, 6.45) is 6.12. The maximum absolute atomic E-state index is 13.4. The summed E-state index contributed by atoms with van der Waals surface area (Å²) in [4.78, 5) is 31.4. The van der Waals surface area contributed by atoms with Gasteiger partial charge < -0.3 is 14.3 Å². The Morgan fingerprint density at radius 2 is 1.72 bits per heavy atom. The molecule has 6 atom stereocenters. The lowest BCUT2D eigenvalue weighted by Gasteiger charge is -2.60. The van der Waals surface area contributed by atoms with Gasteiger partial charge in [-0.2, -0.15) is 0 Å². The maximum Gasteiger partial charge on any atom is 0.337 e. The van der Waals surface area contributed by atoms with Crippen LogP contribution in [0.4, 0.5) is 0 Å². The van der Waals surface area contributed by atoms with E-state index in [0.717, 1.165) is 6.42 Å². The van der Waals surface area contributed by atoms with Gasteiger partial charge in [0.1, 0.15) is 5.76 Å². The predicted octanol–water partition coefficient (Wildman–Crippen LogP) is 5.65. The second-order valence-electron chi connectivity index (χ2n) is 13.3. The van der Waals surface area contributed by atoms with Crippen LogP contribution in [0.1, 0.15) is 60.8 Å². The molecule has 3 rings (SSSR count). The normalized spacial score (nSPS) is 34.0. The fourth-order valence-electron chi connectivity index (χ4n) is 6.78. The van der Waals surface area contributed by atoms with E-state index in [-0.39, 0.29) is 51.9 Å². The summed E-state index contributed by atoms with van der Waals surface area (Å²) in [6.45, 7) is 17.4. The Morgan fingerprint density at radius 3 is 2.25 bits per heavy atom. The van der Waals surface area contributed by atoms with Crippen LogP contribution in [0.5, 0.6) is 0 Å². The van der Waals surface area contributed by atoms with Gasteiger partial charge in [0.05, 0.1) is 31.8 Å². The van der Waals surface area contributed by atoms with Crippen molar-refractivity contribution in [3.63, 3.8) is 0 Å². The van der Waals surface area contributed by atoms with Crippen LogP contribution in [0.25, 0.3) is 0 Å². The first-order valence-electron chi connectivity index (χ1n) is 13.1. The zero-order valence-electron chi connectivity index (χ0n) is 24.1. The molecule has 0 unspecified atom stereocenters. The first kappa shape index (κ1) is 28.9. The smallest absolute Gasteiger partial charge is 0.337 e. The summed E-state index contributed by atoms with van der Waals surface area (Å²) in [6, 6.07) is 0. The van der Waals surface area contributed by atoms with Gasteiger partial charge in [-0.25, -0.2) is 9.86 Å². The number of hydrogen-bond donors (Lipinski definition) is 1. The second-order valence-corrected chi connectivity index (χ2v) is 18.1. The van der Waals surface area contributed by atoms with Crippen molar-refractivity contribution in [2.24, 2.45) is 34.5 Å². The standard InChI is InChI=1S/C28H47NO6Si/c1-26(2,3)36(10,11)35-22-17-13-15-21-27(4,5)23(30)19(25(32)33-8)16-28(21,6)20(17)14-12-18(22)24(31)29(7)34-9/h13,15,17-18,20-22,30H,12,14,16H2,1-11H3/t17-,18-,20-,21-,22+,28+/m0/s1. The van der Waals surface area contributed by atoms with Gasteiger partial charge in [-0.15, -0.1) is 0 Å². The molecule has 7 nitrogen and oxygen atoms in total. The van der Waals surface area contributed by atoms with Gasteiger partial charge in [-0.05, 0) is 54.6 Å². The third-order valence-electron chi connectivity index (χ3n) is 9.91. The van der Waals surface area contributed by atoms with E-state index in [1.807, 2.05) is 13.8 Å². The molecule has 1 fully saturated rings. The molecule has 36 heavy (non-hydrogen) atoms. The van der Waals surface area contributed by atoms with Crippen LogP contribution in [0.15, 0.2) is 23.5 Å². The SMILES string of the molecule is COC(=O)C1=C(O)C(C)(C)[C@@H]2C=C[C@@H]3[C@@H](O[Si](C)(C)C(C)(C)C)[C@@H](C(=O)N(C)OC)CC[C@@H]3[C@@]2(C)C1. The second kappa shape index (κ2) is 9.59. The molecule has 0 aromatic rings. The van der Waals surface area contributed by atoms with E-state index in [1.165, 1.54) is 19.3 Å². The first-order chi connectivity index (χ1) is 16.4. The van der Waals surface area contributed by atoms with Crippen LogP contribution in [0.2, 0.25) is 18.1 Å². The number of fused-ring (bicyclic) bond motifs is 3. The zero-order valence-corrected chi connectivity index (χ0v) is 25.1. The van der Waals surface area contributed by atoms with Crippen molar-refractivity contribution in [3.8, 4) is 0 Å². The highest BCUT2D eigenvalue weighted by molar-refractivity contribution is 6.74. The Kier molecular flexibility index (Phi) is 7.70. The van der Waals surface area contributed by atoms with Gasteiger partial charge in [0.15, 0.2) is 8.32 Å². The van der Waals surface area contributed by atoms with Gasteiger partial charge in [-0.1, -0.05) is 53.7 Å². The fraction of sp³-hybridized carbons (Fsp3) is 0.786. The molecule has 0 aliphatic heterocycles. The number of amides is 1. The van der Waals surface area contributed by atoms with Crippen LogP contribution in [0, 0.1) is 34.5 Å². The molecule has 0 saturated heterocycles. The largest absolute Gasteiger partial charge is 0.511 e. The molecule has 1 N–H and O–H groups in total. The number of aliphatic hydroxyl groups is 1. The van der Waals surface area contributed by atoms with E-state index >= 15 is 0 Å². The number of methoxy groups -OCH3 is 1. The third kappa shape index (κ3) is 4.58. The van der Waals surface area contributed by atoms with Crippen LogP contribution >= 0.6 is 0 Å². The molecule has 3 aliphatic carbocycles. The lowest BCUT2D eigenvalue weighted by Crippen LogP contribution is -2.59. The molecule has 204 valence electrons. The number of ether oxygens (including phenoxy) is 1. The average Bonchev–Trinajstić information content (AvgIpc) is 2.79. The number of allylic oxidation sites excluding steroid dienone is 2. The summed E-state index contributed by atoms with van der Waals surface area (Å²) < 4.78 is 12.1. The van der Waals surface area contributed by atoms with E-state index in [1.54, 1.807) is 7.05 Å². The number of hydrogen-bond acceptors (Lipinski definition) is 6.